The number of hydrogen-bond donors (Lipinski definition) is 1. The highest BCUT2D eigenvalue weighted by Crippen LogP contribution is 2.47. The van der Waals surface area contributed by atoms with E-state index >= 15 is 0 Å². The minimum atomic E-state index is -0.624. The van der Waals surface area contributed by atoms with Crippen LogP contribution in [0.4, 0.5) is 0 Å². The molecule has 162 valence electrons. The molecule has 7 heteroatoms. The van der Waals surface area contributed by atoms with E-state index in [1.165, 1.54) is 0 Å². The standard InChI is InChI=1S/C25H21ClN2O4/c1-25(2)11-19(29)22-20(12-25)32-23(28)17(13-27)21(22)14-7-9-15(10-8-14)31-24(30)16-5-3-4-6-18(16)26/h3-10,21H,11-12,28H2,1-2H3/t21-/m1/s1. The number of halogens is 1. The lowest BCUT2D eigenvalue weighted by atomic mass is 9.70. The maximum atomic E-state index is 13.0. The fraction of sp³-hybridized carbons (Fsp3) is 0.240. The predicted molar refractivity (Wildman–Crippen MR) is 119 cm³/mol. The molecule has 6 nitrogen and oxygen atoms in total. The molecule has 1 aliphatic heterocycles. The topological polar surface area (TPSA) is 102 Å². The highest BCUT2D eigenvalue weighted by Gasteiger charge is 2.42. The van der Waals surface area contributed by atoms with Gasteiger partial charge in [-0.2, -0.15) is 5.26 Å². The minimum absolute atomic E-state index is 0.0102. The van der Waals surface area contributed by atoms with Gasteiger partial charge in [-0.1, -0.05) is 49.7 Å². The van der Waals surface area contributed by atoms with Crippen LogP contribution < -0.4 is 10.5 Å². The molecule has 0 saturated heterocycles. The van der Waals surface area contributed by atoms with Crippen molar-refractivity contribution < 1.29 is 19.1 Å². The fourth-order valence-electron chi connectivity index (χ4n) is 4.14. The Morgan fingerprint density at radius 3 is 2.53 bits per heavy atom. The number of hydrogen-bond acceptors (Lipinski definition) is 6. The van der Waals surface area contributed by atoms with Gasteiger partial charge < -0.3 is 15.2 Å². The van der Waals surface area contributed by atoms with Crippen molar-refractivity contribution in [1.29, 1.82) is 5.26 Å². The first-order chi connectivity index (χ1) is 15.2. The quantitative estimate of drug-likeness (QED) is 0.523. The lowest BCUT2D eigenvalue weighted by Crippen LogP contribution is -2.33. The summed E-state index contributed by atoms with van der Waals surface area (Å²) < 4.78 is 11.1. The molecule has 1 aliphatic carbocycles. The van der Waals surface area contributed by atoms with Gasteiger partial charge in [0, 0.05) is 18.4 Å². The SMILES string of the molecule is CC1(C)CC(=O)C2=C(C1)OC(N)=C(C#N)[C@H]2c1ccc(OC(=O)c2ccccc2Cl)cc1. The average Bonchev–Trinajstić information content (AvgIpc) is 2.72. The second kappa shape index (κ2) is 8.18. The van der Waals surface area contributed by atoms with Gasteiger partial charge in [0.2, 0.25) is 5.88 Å². The summed E-state index contributed by atoms with van der Waals surface area (Å²) in [6.07, 6.45) is 0.912. The molecule has 2 aromatic carbocycles. The number of nitrogens with two attached hydrogens (primary N) is 1. The molecule has 0 saturated carbocycles. The number of ether oxygens (including phenoxy) is 2. The average molecular weight is 449 g/mol. The molecular weight excluding hydrogens is 428 g/mol. The Morgan fingerprint density at radius 1 is 1.19 bits per heavy atom. The number of esters is 1. The molecule has 0 amide bonds. The lowest BCUT2D eigenvalue weighted by Gasteiger charge is -2.37. The second-order valence-electron chi connectivity index (χ2n) is 8.64. The van der Waals surface area contributed by atoms with Crippen molar-refractivity contribution >= 4 is 23.4 Å². The molecule has 0 radical (unpaired) electrons. The first kappa shape index (κ1) is 21.7. The summed E-state index contributed by atoms with van der Waals surface area (Å²) in [5, 5.41) is 10.0. The molecule has 1 atom stereocenters. The van der Waals surface area contributed by atoms with Crippen molar-refractivity contribution in [2.24, 2.45) is 11.1 Å². The Morgan fingerprint density at radius 2 is 1.88 bits per heavy atom. The van der Waals surface area contributed by atoms with E-state index < -0.39 is 11.9 Å². The van der Waals surface area contributed by atoms with Gasteiger partial charge in [0.15, 0.2) is 5.78 Å². The third-order valence-electron chi connectivity index (χ3n) is 5.59. The monoisotopic (exact) mass is 448 g/mol. The van der Waals surface area contributed by atoms with Crippen LogP contribution in [0.5, 0.6) is 5.75 Å². The van der Waals surface area contributed by atoms with E-state index in [2.05, 4.69) is 6.07 Å². The number of carbonyl (C=O) groups is 2. The number of allylic oxidation sites excluding steroid dienone is 3. The number of rotatable bonds is 3. The summed E-state index contributed by atoms with van der Waals surface area (Å²) >= 11 is 6.06. The van der Waals surface area contributed by atoms with Crippen LogP contribution in [0.3, 0.4) is 0 Å². The summed E-state index contributed by atoms with van der Waals surface area (Å²) in [6.45, 7) is 3.99. The third-order valence-corrected chi connectivity index (χ3v) is 5.92. The van der Waals surface area contributed by atoms with Crippen LogP contribution in [0.2, 0.25) is 5.02 Å². The van der Waals surface area contributed by atoms with Crippen molar-refractivity contribution in [2.75, 3.05) is 0 Å². The number of nitrogens with zero attached hydrogens (tertiary/aromatic N) is 1. The summed E-state index contributed by atoms with van der Waals surface area (Å²) in [5.41, 5.74) is 7.40. The summed E-state index contributed by atoms with van der Waals surface area (Å²) in [6, 6.07) is 15.4. The smallest absolute Gasteiger partial charge is 0.345 e. The van der Waals surface area contributed by atoms with Gasteiger partial charge >= 0.3 is 5.97 Å². The van der Waals surface area contributed by atoms with Crippen molar-refractivity contribution in [2.45, 2.75) is 32.6 Å². The molecule has 2 aliphatic rings. The third kappa shape index (κ3) is 4.00. The lowest BCUT2D eigenvalue weighted by molar-refractivity contribution is -0.119. The summed E-state index contributed by atoms with van der Waals surface area (Å²) in [5.74, 6) is -0.424. The van der Waals surface area contributed by atoms with Gasteiger partial charge in [-0.25, -0.2) is 4.79 Å². The molecule has 2 aromatic rings. The zero-order valence-corrected chi connectivity index (χ0v) is 18.4. The van der Waals surface area contributed by atoms with Crippen molar-refractivity contribution in [3.8, 4) is 11.8 Å². The minimum Gasteiger partial charge on any atom is -0.444 e. The van der Waals surface area contributed by atoms with E-state index in [0.717, 1.165) is 0 Å². The number of Topliss-reactive ketones (excluding diaryl/α,β-unsaturated/α-hetero) is 1. The van der Waals surface area contributed by atoms with Gasteiger partial charge in [-0.05, 0) is 35.2 Å². The van der Waals surface area contributed by atoms with Gasteiger partial charge in [-0.3, -0.25) is 4.79 Å². The van der Waals surface area contributed by atoms with Crippen LogP contribution >= 0.6 is 11.6 Å². The number of nitriles is 1. The molecule has 0 spiro atoms. The number of ketones is 1. The van der Waals surface area contributed by atoms with E-state index in [1.807, 2.05) is 13.8 Å². The van der Waals surface area contributed by atoms with Crippen molar-refractivity contribution in [1.82, 2.24) is 0 Å². The molecule has 0 aromatic heterocycles. The number of carbonyl (C=O) groups excluding carboxylic acids is 2. The van der Waals surface area contributed by atoms with E-state index in [1.54, 1.807) is 48.5 Å². The summed E-state index contributed by atoms with van der Waals surface area (Å²) in [7, 11) is 0. The van der Waals surface area contributed by atoms with Gasteiger partial charge in [0.05, 0.1) is 16.5 Å². The fourth-order valence-corrected chi connectivity index (χ4v) is 4.35. The van der Waals surface area contributed by atoms with Gasteiger partial charge in [-0.15, -0.1) is 0 Å². The molecule has 4 rings (SSSR count). The van der Waals surface area contributed by atoms with E-state index in [-0.39, 0.29) is 28.2 Å². The molecule has 32 heavy (non-hydrogen) atoms. The van der Waals surface area contributed by atoms with Crippen LogP contribution in [0.1, 0.15) is 48.5 Å². The first-order valence-electron chi connectivity index (χ1n) is 10.1. The second-order valence-corrected chi connectivity index (χ2v) is 9.05. The van der Waals surface area contributed by atoms with Crippen LogP contribution in [0.25, 0.3) is 0 Å². The Bertz CT molecular complexity index is 1220. The normalized spacial score (nSPS) is 19.7. The molecule has 0 fully saturated rings. The molecule has 0 unspecified atom stereocenters. The van der Waals surface area contributed by atoms with E-state index in [9.17, 15) is 14.9 Å². The maximum absolute atomic E-state index is 13.0. The zero-order valence-electron chi connectivity index (χ0n) is 17.6. The van der Waals surface area contributed by atoms with Crippen LogP contribution in [-0.4, -0.2) is 11.8 Å². The van der Waals surface area contributed by atoms with Crippen LogP contribution in [-0.2, 0) is 9.53 Å². The molecular formula is C25H21ClN2O4. The Kier molecular flexibility index (Phi) is 5.53. The van der Waals surface area contributed by atoms with E-state index in [0.29, 0.717) is 40.5 Å². The van der Waals surface area contributed by atoms with Crippen LogP contribution in [0, 0.1) is 16.7 Å². The van der Waals surface area contributed by atoms with Crippen molar-refractivity contribution in [3.63, 3.8) is 0 Å². The van der Waals surface area contributed by atoms with Gasteiger partial charge in [0.1, 0.15) is 23.2 Å². The van der Waals surface area contributed by atoms with E-state index in [4.69, 9.17) is 26.8 Å². The highest BCUT2D eigenvalue weighted by molar-refractivity contribution is 6.33. The Labute approximate surface area is 190 Å². The maximum Gasteiger partial charge on any atom is 0.345 e. The Balaban J connectivity index is 1.66. The van der Waals surface area contributed by atoms with Gasteiger partial charge in [0.25, 0.3) is 0 Å². The van der Waals surface area contributed by atoms with Crippen LogP contribution in [0.15, 0.2) is 71.3 Å². The largest absolute Gasteiger partial charge is 0.444 e. The Hall–Kier alpha value is -3.56. The molecule has 1 heterocycles. The zero-order chi connectivity index (χ0) is 23.0. The van der Waals surface area contributed by atoms with Crippen molar-refractivity contribution in [3.05, 3.63) is 87.5 Å². The first-order valence-corrected chi connectivity index (χ1v) is 10.5. The molecule has 0 bridgehead atoms. The molecule has 2 N–H and O–H groups in total. The number of benzene rings is 2. The highest BCUT2D eigenvalue weighted by atomic mass is 35.5. The predicted octanol–water partition coefficient (Wildman–Crippen LogP) is 5.01. The summed E-state index contributed by atoms with van der Waals surface area (Å²) in [4.78, 5) is 25.4.